The minimum absolute atomic E-state index is 0. The third kappa shape index (κ3) is 4.96. The second kappa shape index (κ2) is 7.77. The molecule has 0 atom stereocenters. The lowest BCUT2D eigenvalue weighted by atomic mass is 10.3. The monoisotopic (exact) mass is 332 g/mol. The lowest BCUT2D eigenvalue weighted by Gasteiger charge is -2.11. The highest BCUT2D eigenvalue weighted by Gasteiger charge is 2.16. The normalized spacial score (nSPS) is 15.2. The van der Waals surface area contributed by atoms with Gasteiger partial charge < -0.3 is 22.6 Å². The Kier molecular flexibility index (Phi) is 6.68. The van der Waals surface area contributed by atoms with Gasteiger partial charge in [-0.2, -0.15) is 0 Å². The Bertz CT molecular complexity index is 394. The van der Waals surface area contributed by atoms with Crippen molar-refractivity contribution in [1.29, 1.82) is 0 Å². The number of halogens is 2. The van der Waals surface area contributed by atoms with Crippen molar-refractivity contribution < 1.29 is 22.1 Å². The third-order valence-corrected chi connectivity index (χ3v) is 3.62. The molecule has 0 radical (unpaired) electrons. The van der Waals surface area contributed by atoms with Crippen LogP contribution in [0.2, 0.25) is 0 Å². The van der Waals surface area contributed by atoms with Gasteiger partial charge in [-0.3, -0.25) is 4.79 Å². The fourth-order valence-electron chi connectivity index (χ4n) is 2.21. The van der Waals surface area contributed by atoms with Gasteiger partial charge in [-0.25, -0.2) is 0 Å². The number of carbonyl (C=O) groups excluding carboxylic acids is 1. The molecule has 3 nitrogen and oxygen atoms in total. The molecule has 0 aromatic heterocycles. The fraction of sp³-hybridized carbons (Fsp3) is 0.462. The molecule has 0 bridgehead atoms. The molecule has 2 rings (SSSR count). The Hall–Kier alpha value is -0.580. The number of anilines is 1. The van der Waals surface area contributed by atoms with Crippen molar-refractivity contribution >= 4 is 27.5 Å². The van der Waals surface area contributed by atoms with E-state index in [1.165, 1.54) is 25.9 Å². The number of nitrogens with one attached hydrogen (secondary N) is 2. The van der Waals surface area contributed by atoms with E-state index in [0.717, 1.165) is 16.7 Å². The molecule has 18 heavy (non-hydrogen) atoms. The van der Waals surface area contributed by atoms with Crippen LogP contribution in [0.15, 0.2) is 28.7 Å². The quantitative estimate of drug-likeness (QED) is 0.688. The van der Waals surface area contributed by atoms with Gasteiger partial charge in [0.15, 0.2) is 0 Å². The number of quaternary nitrogens is 1. The van der Waals surface area contributed by atoms with E-state index < -0.39 is 0 Å². The highest BCUT2D eigenvalue weighted by molar-refractivity contribution is 9.10. The summed E-state index contributed by atoms with van der Waals surface area (Å²) in [6.45, 7) is 3.41. The highest BCUT2D eigenvalue weighted by Crippen LogP contribution is 2.15. The van der Waals surface area contributed by atoms with Gasteiger partial charge >= 0.3 is 0 Å². The third-order valence-electron chi connectivity index (χ3n) is 3.12. The molecular formula is C13H18BrClN2O. The van der Waals surface area contributed by atoms with Gasteiger partial charge in [-0.05, 0) is 18.2 Å². The van der Waals surface area contributed by atoms with Gasteiger partial charge in [0.05, 0.1) is 26.1 Å². The molecule has 100 valence electrons. The van der Waals surface area contributed by atoms with Crippen molar-refractivity contribution in [2.75, 3.05) is 25.0 Å². The first-order valence-electron chi connectivity index (χ1n) is 6.13. The second-order valence-electron chi connectivity index (χ2n) is 4.52. The first kappa shape index (κ1) is 15.5. The SMILES string of the molecule is O=C(CC[NH+]1CCCC1)Nc1cccc(Br)c1.[Cl-]. The standard InChI is InChI=1S/C13H17BrN2O.ClH/c14-11-4-3-5-12(10-11)15-13(17)6-9-16-7-1-2-8-16;/h3-5,10H,1-2,6-9H2,(H,15,17);1H. The molecule has 1 fully saturated rings. The molecule has 1 saturated heterocycles. The minimum Gasteiger partial charge on any atom is -1.00 e. The van der Waals surface area contributed by atoms with Crippen molar-refractivity contribution in [3.63, 3.8) is 0 Å². The van der Waals surface area contributed by atoms with Crippen molar-refractivity contribution in [2.45, 2.75) is 19.3 Å². The predicted molar refractivity (Wildman–Crippen MR) is 72.2 cm³/mol. The summed E-state index contributed by atoms with van der Waals surface area (Å²) in [5, 5.41) is 2.92. The van der Waals surface area contributed by atoms with Gasteiger partial charge in [0.1, 0.15) is 0 Å². The van der Waals surface area contributed by atoms with E-state index in [1.807, 2.05) is 24.3 Å². The lowest BCUT2D eigenvalue weighted by Crippen LogP contribution is -3.10. The predicted octanol–water partition coefficient (Wildman–Crippen LogP) is -1.54. The summed E-state index contributed by atoms with van der Waals surface area (Å²) in [5.41, 5.74) is 0.862. The van der Waals surface area contributed by atoms with E-state index in [9.17, 15) is 4.79 Å². The zero-order valence-corrected chi connectivity index (χ0v) is 12.6. The fourth-order valence-corrected chi connectivity index (χ4v) is 2.60. The Morgan fingerprint density at radius 3 is 2.72 bits per heavy atom. The Balaban J connectivity index is 0.00000162. The molecule has 5 heteroatoms. The molecule has 1 heterocycles. The lowest BCUT2D eigenvalue weighted by molar-refractivity contribution is -0.886. The molecule has 2 N–H and O–H groups in total. The van der Waals surface area contributed by atoms with E-state index in [-0.39, 0.29) is 18.3 Å². The van der Waals surface area contributed by atoms with Crippen LogP contribution in [0.1, 0.15) is 19.3 Å². The van der Waals surface area contributed by atoms with Crippen molar-refractivity contribution in [1.82, 2.24) is 0 Å². The van der Waals surface area contributed by atoms with E-state index in [4.69, 9.17) is 0 Å². The molecule has 1 aromatic carbocycles. The average molecular weight is 334 g/mol. The molecular weight excluding hydrogens is 316 g/mol. The molecule has 1 aliphatic heterocycles. The maximum Gasteiger partial charge on any atom is 0.230 e. The maximum atomic E-state index is 11.7. The Labute approximate surface area is 122 Å². The first-order valence-corrected chi connectivity index (χ1v) is 6.92. The molecule has 0 spiro atoms. The van der Waals surface area contributed by atoms with E-state index in [1.54, 1.807) is 4.90 Å². The number of rotatable bonds is 4. The molecule has 0 saturated carbocycles. The Morgan fingerprint density at radius 2 is 2.06 bits per heavy atom. The van der Waals surface area contributed by atoms with Crippen molar-refractivity contribution in [3.05, 3.63) is 28.7 Å². The average Bonchev–Trinajstić information content (AvgIpc) is 2.79. The van der Waals surface area contributed by atoms with Gasteiger partial charge in [-0.15, -0.1) is 0 Å². The van der Waals surface area contributed by atoms with Crippen LogP contribution in [0.5, 0.6) is 0 Å². The van der Waals surface area contributed by atoms with Crippen molar-refractivity contribution in [3.8, 4) is 0 Å². The topological polar surface area (TPSA) is 33.5 Å². The van der Waals surface area contributed by atoms with Crippen LogP contribution in [0.25, 0.3) is 0 Å². The Morgan fingerprint density at radius 1 is 1.33 bits per heavy atom. The van der Waals surface area contributed by atoms with Crippen LogP contribution in [0.3, 0.4) is 0 Å². The summed E-state index contributed by atoms with van der Waals surface area (Å²) >= 11 is 3.39. The van der Waals surface area contributed by atoms with E-state index in [2.05, 4.69) is 21.2 Å². The summed E-state index contributed by atoms with van der Waals surface area (Å²) in [6, 6.07) is 7.70. The molecule has 1 amide bonds. The summed E-state index contributed by atoms with van der Waals surface area (Å²) in [4.78, 5) is 13.3. The van der Waals surface area contributed by atoms with Crippen LogP contribution < -0.4 is 22.6 Å². The summed E-state index contributed by atoms with van der Waals surface area (Å²) in [7, 11) is 0. The number of carbonyl (C=O) groups is 1. The van der Waals surface area contributed by atoms with Gasteiger partial charge in [0.2, 0.25) is 5.91 Å². The van der Waals surface area contributed by atoms with E-state index in [0.29, 0.717) is 6.42 Å². The van der Waals surface area contributed by atoms with Crippen LogP contribution in [-0.2, 0) is 4.79 Å². The minimum atomic E-state index is 0. The number of likely N-dealkylation sites (tertiary alicyclic amines) is 1. The smallest absolute Gasteiger partial charge is 0.230 e. The number of hydrogen-bond donors (Lipinski definition) is 2. The van der Waals surface area contributed by atoms with Crippen LogP contribution in [-0.4, -0.2) is 25.5 Å². The number of amides is 1. The highest BCUT2D eigenvalue weighted by atomic mass is 79.9. The van der Waals surface area contributed by atoms with Crippen LogP contribution >= 0.6 is 15.9 Å². The maximum absolute atomic E-state index is 11.7. The second-order valence-corrected chi connectivity index (χ2v) is 5.43. The zero-order valence-electron chi connectivity index (χ0n) is 10.2. The number of benzene rings is 1. The largest absolute Gasteiger partial charge is 1.00 e. The van der Waals surface area contributed by atoms with Gasteiger partial charge in [0, 0.05) is 23.0 Å². The molecule has 0 aliphatic carbocycles. The summed E-state index contributed by atoms with van der Waals surface area (Å²) < 4.78 is 0.987. The first-order chi connectivity index (χ1) is 8.24. The molecule has 1 aliphatic rings. The molecule has 0 unspecified atom stereocenters. The van der Waals surface area contributed by atoms with Gasteiger partial charge in [0.25, 0.3) is 0 Å². The summed E-state index contributed by atoms with van der Waals surface area (Å²) in [6.07, 6.45) is 3.23. The summed E-state index contributed by atoms with van der Waals surface area (Å²) in [5.74, 6) is 0.113. The molecule has 1 aromatic rings. The number of hydrogen-bond acceptors (Lipinski definition) is 1. The van der Waals surface area contributed by atoms with Crippen LogP contribution in [0, 0.1) is 0 Å². The van der Waals surface area contributed by atoms with Crippen molar-refractivity contribution in [2.24, 2.45) is 0 Å². The zero-order chi connectivity index (χ0) is 12.1. The van der Waals surface area contributed by atoms with Crippen LogP contribution in [0.4, 0.5) is 5.69 Å². The van der Waals surface area contributed by atoms with E-state index >= 15 is 0 Å². The van der Waals surface area contributed by atoms with Gasteiger partial charge in [-0.1, -0.05) is 22.0 Å².